The molecule has 6 heteroatoms. The molecule has 0 aliphatic heterocycles. The highest BCUT2D eigenvalue weighted by atomic mass is 35.5. The zero-order valence-electron chi connectivity index (χ0n) is 11.1. The zero-order chi connectivity index (χ0) is 14.8. The van der Waals surface area contributed by atoms with Crippen LogP contribution in [0.25, 0.3) is 11.3 Å². The minimum atomic E-state index is -0.314. The number of hydrogen-bond acceptors (Lipinski definition) is 4. The van der Waals surface area contributed by atoms with E-state index < -0.39 is 0 Å². The zero-order valence-corrected chi connectivity index (χ0v) is 12.7. The van der Waals surface area contributed by atoms with Crippen molar-refractivity contribution in [2.45, 2.75) is 6.92 Å². The number of nitrogens with zero attached hydrogens (tertiary/aromatic N) is 1. The monoisotopic (exact) mass is 318 g/mol. The summed E-state index contributed by atoms with van der Waals surface area (Å²) in [4.78, 5) is 17.4. The van der Waals surface area contributed by atoms with E-state index in [9.17, 15) is 4.79 Å². The van der Waals surface area contributed by atoms with E-state index in [4.69, 9.17) is 16.0 Å². The van der Waals surface area contributed by atoms with Gasteiger partial charge in [-0.05, 0) is 31.2 Å². The van der Waals surface area contributed by atoms with Gasteiger partial charge in [0.05, 0.1) is 12.0 Å². The summed E-state index contributed by atoms with van der Waals surface area (Å²) in [5.74, 6) is -0.0569. The summed E-state index contributed by atoms with van der Waals surface area (Å²) in [6.07, 6.45) is 1.46. The molecule has 0 aliphatic carbocycles. The summed E-state index contributed by atoms with van der Waals surface area (Å²) in [6, 6.07) is 10.7. The number of amides is 1. The predicted octanol–water partition coefficient (Wildman–Crippen LogP) is 4.62. The Morgan fingerprint density at radius 1 is 1.33 bits per heavy atom. The number of aromatic nitrogens is 1. The molecule has 3 rings (SSSR count). The maximum Gasteiger partial charge on any atom is 0.293 e. The van der Waals surface area contributed by atoms with Crippen LogP contribution in [0, 0.1) is 6.92 Å². The summed E-state index contributed by atoms with van der Waals surface area (Å²) < 4.78 is 5.05. The lowest BCUT2D eigenvalue weighted by Crippen LogP contribution is -2.10. The molecule has 0 saturated carbocycles. The molecule has 1 amide bonds. The Hall–Kier alpha value is -2.11. The van der Waals surface area contributed by atoms with Crippen molar-refractivity contribution in [1.82, 2.24) is 4.98 Å². The third-order valence-corrected chi connectivity index (χ3v) is 3.98. The molecule has 4 nitrogen and oxygen atoms in total. The fraction of sp³-hybridized carbons (Fsp3) is 0.0667. The van der Waals surface area contributed by atoms with Crippen LogP contribution in [0.2, 0.25) is 5.02 Å². The van der Waals surface area contributed by atoms with Crippen LogP contribution in [0.4, 0.5) is 5.13 Å². The number of carbonyl (C=O) groups excluding carboxylic acids is 1. The Balaban J connectivity index is 1.86. The Labute approximate surface area is 130 Å². The van der Waals surface area contributed by atoms with E-state index in [0.717, 1.165) is 16.1 Å². The van der Waals surface area contributed by atoms with Crippen LogP contribution in [0.15, 0.2) is 47.1 Å². The standard InChI is InChI=1S/C15H11ClN2O2S/c1-9-13(10-4-2-5-11(16)8-10)17-15(21-9)18-14(19)12-6-3-7-20-12/h2-8H,1H3,(H,17,18,19). The summed E-state index contributed by atoms with van der Waals surface area (Å²) in [6.45, 7) is 1.95. The summed E-state index contributed by atoms with van der Waals surface area (Å²) in [7, 11) is 0. The van der Waals surface area contributed by atoms with Crippen molar-refractivity contribution in [2.24, 2.45) is 0 Å². The highest BCUT2D eigenvalue weighted by Crippen LogP contribution is 2.31. The normalized spacial score (nSPS) is 10.6. The summed E-state index contributed by atoms with van der Waals surface area (Å²) >= 11 is 7.41. The van der Waals surface area contributed by atoms with E-state index in [1.807, 2.05) is 31.2 Å². The van der Waals surface area contributed by atoms with Gasteiger partial charge < -0.3 is 4.42 Å². The Morgan fingerprint density at radius 3 is 2.90 bits per heavy atom. The van der Waals surface area contributed by atoms with Crippen LogP contribution >= 0.6 is 22.9 Å². The van der Waals surface area contributed by atoms with Crippen molar-refractivity contribution < 1.29 is 9.21 Å². The first-order valence-electron chi connectivity index (χ1n) is 6.22. The fourth-order valence-electron chi connectivity index (χ4n) is 1.92. The number of aryl methyl sites for hydroxylation is 1. The lowest BCUT2D eigenvalue weighted by Gasteiger charge is -1.99. The molecule has 21 heavy (non-hydrogen) atoms. The number of hydrogen-bond donors (Lipinski definition) is 1. The molecule has 1 N–H and O–H groups in total. The molecular formula is C15H11ClN2O2S. The van der Waals surface area contributed by atoms with Gasteiger partial charge in [0.2, 0.25) is 0 Å². The number of nitrogens with one attached hydrogen (secondary N) is 1. The molecule has 2 aromatic heterocycles. The third-order valence-electron chi connectivity index (χ3n) is 2.86. The van der Waals surface area contributed by atoms with Crippen molar-refractivity contribution >= 4 is 34.0 Å². The van der Waals surface area contributed by atoms with Crippen molar-refractivity contribution in [1.29, 1.82) is 0 Å². The van der Waals surface area contributed by atoms with Crippen molar-refractivity contribution in [3.05, 3.63) is 58.3 Å². The van der Waals surface area contributed by atoms with Crippen LogP contribution in [0.5, 0.6) is 0 Å². The predicted molar refractivity (Wildman–Crippen MR) is 84.0 cm³/mol. The van der Waals surface area contributed by atoms with Crippen LogP contribution in [-0.4, -0.2) is 10.9 Å². The van der Waals surface area contributed by atoms with Gasteiger partial charge in [0.15, 0.2) is 10.9 Å². The van der Waals surface area contributed by atoms with Gasteiger partial charge in [-0.25, -0.2) is 4.98 Å². The van der Waals surface area contributed by atoms with Crippen molar-refractivity contribution in [3.8, 4) is 11.3 Å². The average Bonchev–Trinajstić information content (AvgIpc) is 3.08. The molecule has 0 fully saturated rings. The van der Waals surface area contributed by atoms with E-state index in [1.165, 1.54) is 17.6 Å². The lowest BCUT2D eigenvalue weighted by atomic mass is 10.1. The van der Waals surface area contributed by atoms with Crippen LogP contribution in [0.3, 0.4) is 0 Å². The average molecular weight is 319 g/mol. The van der Waals surface area contributed by atoms with Gasteiger partial charge in [0, 0.05) is 15.5 Å². The first-order valence-corrected chi connectivity index (χ1v) is 7.41. The van der Waals surface area contributed by atoms with E-state index >= 15 is 0 Å². The molecule has 0 radical (unpaired) electrons. The highest BCUT2D eigenvalue weighted by molar-refractivity contribution is 7.16. The van der Waals surface area contributed by atoms with Gasteiger partial charge in [-0.1, -0.05) is 23.7 Å². The molecule has 0 aliphatic rings. The van der Waals surface area contributed by atoms with Gasteiger partial charge >= 0.3 is 0 Å². The second-order valence-electron chi connectivity index (χ2n) is 4.37. The van der Waals surface area contributed by atoms with E-state index in [1.54, 1.807) is 12.1 Å². The molecule has 0 spiro atoms. The topological polar surface area (TPSA) is 55.1 Å². The Bertz CT molecular complexity index is 781. The van der Waals surface area contributed by atoms with Gasteiger partial charge in [0.25, 0.3) is 5.91 Å². The largest absolute Gasteiger partial charge is 0.459 e. The summed E-state index contributed by atoms with van der Waals surface area (Å²) in [5.41, 5.74) is 1.74. The van der Waals surface area contributed by atoms with E-state index in [-0.39, 0.29) is 11.7 Å². The Morgan fingerprint density at radius 2 is 2.19 bits per heavy atom. The SMILES string of the molecule is Cc1sc(NC(=O)c2ccco2)nc1-c1cccc(Cl)c1. The minimum absolute atomic E-state index is 0.257. The summed E-state index contributed by atoms with van der Waals surface area (Å²) in [5, 5.41) is 3.92. The van der Waals surface area contributed by atoms with Crippen molar-refractivity contribution in [2.75, 3.05) is 5.32 Å². The number of thiazole rings is 1. The molecule has 0 atom stereocenters. The minimum Gasteiger partial charge on any atom is -0.459 e. The van der Waals surface area contributed by atoms with E-state index in [0.29, 0.717) is 10.2 Å². The van der Waals surface area contributed by atoms with E-state index in [2.05, 4.69) is 10.3 Å². The number of benzene rings is 1. The molecule has 3 aromatic rings. The van der Waals surface area contributed by atoms with Crippen LogP contribution < -0.4 is 5.32 Å². The van der Waals surface area contributed by atoms with Gasteiger partial charge in [-0.15, -0.1) is 11.3 Å². The van der Waals surface area contributed by atoms with Crippen LogP contribution in [0.1, 0.15) is 15.4 Å². The number of carbonyl (C=O) groups is 1. The second-order valence-corrected chi connectivity index (χ2v) is 6.01. The molecule has 1 aromatic carbocycles. The first-order chi connectivity index (χ1) is 10.1. The quantitative estimate of drug-likeness (QED) is 0.766. The number of furan rings is 1. The first kappa shape index (κ1) is 13.9. The van der Waals surface area contributed by atoms with Gasteiger partial charge in [-0.3, -0.25) is 10.1 Å². The second kappa shape index (κ2) is 5.71. The van der Waals surface area contributed by atoms with Gasteiger partial charge in [-0.2, -0.15) is 0 Å². The molecule has 0 bridgehead atoms. The number of anilines is 1. The maximum absolute atomic E-state index is 11.9. The molecular weight excluding hydrogens is 308 g/mol. The molecule has 0 saturated heterocycles. The number of halogens is 1. The van der Waals surface area contributed by atoms with Gasteiger partial charge in [0.1, 0.15) is 0 Å². The molecule has 0 unspecified atom stereocenters. The lowest BCUT2D eigenvalue weighted by molar-refractivity contribution is 0.0996. The smallest absolute Gasteiger partial charge is 0.293 e. The van der Waals surface area contributed by atoms with Crippen molar-refractivity contribution in [3.63, 3.8) is 0 Å². The Kier molecular flexibility index (Phi) is 3.77. The maximum atomic E-state index is 11.9. The van der Waals surface area contributed by atoms with Crippen LogP contribution in [-0.2, 0) is 0 Å². The number of rotatable bonds is 3. The highest BCUT2D eigenvalue weighted by Gasteiger charge is 2.14. The molecule has 106 valence electrons. The third kappa shape index (κ3) is 2.99. The fourth-order valence-corrected chi connectivity index (χ4v) is 2.94. The molecule has 2 heterocycles.